The van der Waals surface area contributed by atoms with E-state index in [2.05, 4.69) is 15.5 Å². The van der Waals surface area contributed by atoms with Crippen LogP contribution >= 0.6 is 0 Å². The van der Waals surface area contributed by atoms with Crippen molar-refractivity contribution in [3.8, 4) is 11.3 Å². The fourth-order valence-corrected chi connectivity index (χ4v) is 8.06. The molecule has 268 valence electrons. The Morgan fingerprint density at radius 1 is 1.04 bits per heavy atom. The van der Waals surface area contributed by atoms with Gasteiger partial charge in [0.05, 0.1) is 45.6 Å². The molecule has 3 fully saturated rings. The van der Waals surface area contributed by atoms with Gasteiger partial charge >= 0.3 is 0 Å². The van der Waals surface area contributed by atoms with Gasteiger partial charge in [0.2, 0.25) is 5.91 Å². The lowest BCUT2D eigenvalue weighted by atomic mass is 9.83. The molecular formula is C39H46F2N8O2. The molecule has 12 heteroatoms. The van der Waals surface area contributed by atoms with E-state index >= 15 is 4.39 Å². The van der Waals surface area contributed by atoms with Gasteiger partial charge in [-0.3, -0.25) is 14.6 Å². The molecular weight excluding hydrogens is 650 g/mol. The van der Waals surface area contributed by atoms with Crippen LogP contribution in [0.25, 0.3) is 22.3 Å². The maximum atomic E-state index is 15.6. The number of aryl methyl sites for hydroxylation is 1. The van der Waals surface area contributed by atoms with E-state index in [1.807, 2.05) is 49.3 Å². The molecule has 10 nitrogen and oxygen atoms in total. The highest BCUT2D eigenvalue weighted by Crippen LogP contribution is 2.47. The van der Waals surface area contributed by atoms with E-state index in [1.54, 1.807) is 19.4 Å². The van der Waals surface area contributed by atoms with Crippen molar-refractivity contribution in [2.75, 3.05) is 30.0 Å². The Balaban J connectivity index is 1.15. The minimum atomic E-state index is -0.829. The van der Waals surface area contributed by atoms with Gasteiger partial charge in [-0.25, -0.2) is 18.7 Å². The van der Waals surface area contributed by atoms with E-state index in [4.69, 9.17) is 15.0 Å². The number of amides is 2. The van der Waals surface area contributed by atoms with Crippen molar-refractivity contribution in [3.05, 3.63) is 59.4 Å². The molecule has 0 atom stereocenters. The smallest absolute Gasteiger partial charge is 0.252 e. The predicted molar refractivity (Wildman–Crippen MR) is 194 cm³/mol. The number of nitrogens with one attached hydrogen (secondary N) is 2. The molecule has 2 N–H and O–H groups in total. The number of aromatic nitrogens is 4. The first-order valence-corrected chi connectivity index (χ1v) is 18.3. The third-order valence-electron chi connectivity index (χ3n) is 11.5. The molecule has 2 aliphatic heterocycles. The van der Waals surface area contributed by atoms with Gasteiger partial charge in [0.15, 0.2) is 5.82 Å². The molecule has 2 saturated carbocycles. The van der Waals surface area contributed by atoms with Crippen LogP contribution in [-0.4, -0.2) is 73.6 Å². The number of hydrogen-bond donors (Lipinski definition) is 2. The lowest BCUT2D eigenvalue weighted by Crippen LogP contribution is -2.57. The molecule has 0 radical (unpaired) electrons. The molecule has 3 aromatic heterocycles. The maximum Gasteiger partial charge on any atom is 0.252 e. The Hall–Kier alpha value is -4.45. The fraction of sp³-hybridized carbons (Fsp3) is 0.513. The molecule has 8 rings (SSSR count). The second-order valence-electron chi connectivity index (χ2n) is 15.9. The van der Waals surface area contributed by atoms with Gasteiger partial charge in [0, 0.05) is 35.4 Å². The number of carbonyl (C=O) groups excluding carboxylic acids is 2. The number of imidazole rings is 1. The molecule has 5 heterocycles. The van der Waals surface area contributed by atoms with Crippen molar-refractivity contribution in [3.63, 3.8) is 0 Å². The highest BCUT2D eigenvalue weighted by molar-refractivity contribution is 6.08. The van der Waals surface area contributed by atoms with Gasteiger partial charge in [0.1, 0.15) is 18.0 Å². The number of anilines is 3. The van der Waals surface area contributed by atoms with Gasteiger partial charge in [-0.05, 0) is 116 Å². The van der Waals surface area contributed by atoms with Crippen molar-refractivity contribution in [1.29, 1.82) is 0 Å². The minimum Gasteiger partial charge on any atom is -0.344 e. The van der Waals surface area contributed by atoms with Crippen molar-refractivity contribution in [2.24, 2.45) is 0 Å². The quantitative estimate of drug-likeness (QED) is 0.192. The third kappa shape index (κ3) is 5.75. The fourth-order valence-electron chi connectivity index (χ4n) is 8.06. The Kier molecular flexibility index (Phi) is 8.16. The van der Waals surface area contributed by atoms with E-state index in [0.717, 1.165) is 37.3 Å². The number of benzene rings is 1. The number of nitrogens with zero attached hydrogens (tertiary/aromatic N) is 6. The highest BCUT2D eigenvalue weighted by Gasteiger charge is 2.51. The number of piperidine rings is 1. The van der Waals surface area contributed by atoms with Crippen molar-refractivity contribution < 1.29 is 18.4 Å². The highest BCUT2D eigenvalue weighted by atomic mass is 19.1. The molecule has 0 spiro atoms. The van der Waals surface area contributed by atoms with E-state index in [1.165, 1.54) is 31.4 Å². The van der Waals surface area contributed by atoms with E-state index in [9.17, 15) is 14.0 Å². The number of rotatable bonds is 9. The van der Waals surface area contributed by atoms with Crippen molar-refractivity contribution in [1.82, 2.24) is 29.7 Å². The maximum absolute atomic E-state index is 15.6. The third-order valence-corrected chi connectivity index (χ3v) is 11.5. The molecule has 4 aliphatic rings. The predicted octanol–water partition coefficient (Wildman–Crippen LogP) is 7.14. The average Bonchev–Trinajstić information content (AvgIpc) is 3.67. The summed E-state index contributed by atoms with van der Waals surface area (Å²) in [7, 11) is 0. The number of halogens is 2. The SMILES string of the molecule is Cc1cc(F)c(Nc2nc(-c3cnc4c(c3)N([C@H]3C[C@@H](N5CCCCC5)C3)C(=O)C4(C)C)cc3ncn(C(C)C)c23)cc1C(=O)NC1(CF)CC1. The second-order valence-corrected chi connectivity index (χ2v) is 15.9. The molecule has 51 heavy (non-hydrogen) atoms. The zero-order valence-electron chi connectivity index (χ0n) is 30.0. The Labute approximate surface area is 297 Å². The van der Waals surface area contributed by atoms with Crippen molar-refractivity contribution in [2.45, 2.75) is 109 Å². The summed E-state index contributed by atoms with van der Waals surface area (Å²) in [6.45, 7) is 11.2. The molecule has 1 saturated heterocycles. The van der Waals surface area contributed by atoms with Crippen LogP contribution in [0.4, 0.5) is 26.0 Å². The first-order chi connectivity index (χ1) is 24.4. The topological polar surface area (TPSA) is 108 Å². The van der Waals surface area contributed by atoms with Crippen molar-refractivity contribution >= 4 is 40.0 Å². The summed E-state index contributed by atoms with van der Waals surface area (Å²) in [5.41, 5.74) is 3.38. The summed E-state index contributed by atoms with van der Waals surface area (Å²) in [5, 5.41) is 5.99. The average molecular weight is 697 g/mol. The molecule has 0 bridgehead atoms. The number of likely N-dealkylation sites (tertiary alicyclic amines) is 1. The first kappa shape index (κ1) is 33.7. The number of alkyl halides is 1. The molecule has 4 aromatic rings. The monoisotopic (exact) mass is 696 g/mol. The van der Waals surface area contributed by atoms with E-state index in [-0.39, 0.29) is 29.2 Å². The zero-order chi connectivity index (χ0) is 35.8. The molecule has 2 amide bonds. The lowest BCUT2D eigenvalue weighted by Gasteiger charge is -2.47. The number of hydrogen-bond acceptors (Lipinski definition) is 7. The van der Waals surface area contributed by atoms with E-state index in [0.29, 0.717) is 52.6 Å². The van der Waals surface area contributed by atoms with Crippen LogP contribution in [-0.2, 0) is 10.2 Å². The van der Waals surface area contributed by atoms with Gasteiger partial charge < -0.3 is 25.0 Å². The summed E-state index contributed by atoms with van der Waals surface area (Å²) in [4.78, 5) is 46.3. The van der Waals surface area contributed by atoms with Crippen LogP contribution in [0.2, 0.25) is 0 Å². The minimum absolute atomic E-state index is 0.0301. The second kappa shape index (κ2) is 12.4. The Bertz CT molecular complexity index is 2040. The zero-order valence-corrected chi connectivity index (χ0v) is 30.0. The van der Waals surface area contributed by atoms with E-state index < -0.39 is 29.4 Å². The number of carbonyl (C=O) groups is 2. The van der Waals surface area contributed by atoms with Gasteiger partial charge in [-0.15, -0.1) is 0 Å². The summed E-state index contributed by atoms with van der Waals surface area (Å²) >= 11 is 0. The van der Waals surface area contributed by atoms with Crippen LogP contribution in [0.15, 0.2) is 36.8 Å². The van der Waals surface area contributed by atoms with Gasteiger partial charge in [-0.1, -0.05) is 6.42 Å². The van der Waals surface area contributed by atoms with Crippen LogP contribution in [0.5, 0.6) is 0 Å². The molecule has 1 aromatic carbocycles. The standard InChI is InChI=1S/C39H46F2N8O2/c1-22(2)48-21-43-31-18-29(44-35(33(31)48)45-30-17-27(23(3)13-28(30)41)36(50)46-39(20-40)9-10-39)24-14-32-34(42-19-24)38(4,5)37(51)49(32)26-15-25(16-26)47-11-7-6-8-12-47/h13-14,17-19,21-22,25-26H,6-12,15-16,20H2,1-5H3,(H,44,45)(H,46,50)/t25-,26+. The summed E-state index contributed by atoms with van der Waals surface area (Å²) in [6.07, 6.45) is 10.3. The summed E-state index contributed by atoms with van der Waals surface area (Å²) in [6, 6.07) is 7.32. The Morgan fingerprint density at radius 2 is 1.78 bits per heavy atom. The molecule has 0 unspecified atom stereocenters. The van der Waals surface area contributed by atoms with Gasteiger partial charge in [-0.2, -0.15) is 0 Å². The lowest BCUT2D eigenvalue weighted by molar-refractivity contribution is -0.123. The molecule has 2 aliphatic carbocycles. The van der Waals surface area contributed by atoms with Crippen LogP contribution in [0.3, 0.4) is 0 Å². The van der Waals surface area contributed by atoms with Crippen LogP contribution in [0, 0.1) is 12.7 Å². The van der Waals surface area contributed by atoms with Gasteiger partial charge in [0.25, 0.3) is 5.91 Å². The Morgan fingerprint density at radius 3 is 2.47 bits per heavy atom. The summed E-state index contributed by atoms with van der Waals surface area (Å²) in [5.74, 6) is -0.558. The first-order valence-electron chi connectivity index (χ1n) is 18.3. The van der Waals surface area contributed by atoms with Crippen LogP contribution in [0.1, 0.15) is 100 Å². The summed E-state index contributed by atoms with van der Waals surface area (Å²) < 4.78 is 31.2. The number of pyridine rings is 2. The number of fused-ring (bicyclic) bond motifs is 2. The normalized spacial score (nSPS) is 22.3. The largest absolute Gasteiger partial charge is 0.344 e. The van der Waals surface area contributed by atoms with Crippen LogP contribution < -0.4 is 15.5 Å².